The van der Waals surface area contributed by atoms with Gasteiger partial charge in [0, 0.05) is 34.3 Å². The third-order valence-corrected chi connectivity index (χ3v) is 5.15. The van der Waals surface area contributed by atoms with Gasteiger partial charge in [0.2, 0.25) is 0 Å². The highest BCUT2D eigenvalue weighted by Gasteiger charge is 2.28. The average molecular weight is 403 g/mol. The summed E-state index contributed by atoms with van der Waals surface area (Å²) in [7, 11) is 0. The molecule has 0 fully saturated rings. The summed E-state index contributed by atoms with van der Waals surface area (Å²) < 4.78 is 0. The summed E-state index contributed by atoms with van der Waals surface area (Å²) in [6.45, 7) is 0. The normalized spacial score (nSPS) is 13.8. The maximum atomic E-state index is 12.9. The monoisotopic (exact) mass is 403 g/mol. The molecule has 31 heavy (non-hydrogen) atoms. The molecule has 5 rings (SSSR count). The molecule has 1 aliphatic heterocycles. The highest BCUT2D eigenvalue weighted by molar-refractivity contribution is 6.37. The van der Waals surface area contributed by atoms with Gasteiger partial charge in [-0.2, -0.15) is 5.26 Å². The van der Waals surface area contributed by atoms with Crippen molar-refractivity contribution in [1.82, 2.24) is 9.97 Å². The number of H-pyrrole nitrogens is 1. The molecule has 0 bridgehead atoms. The third-order valence-electron chi connectivity index (χ3n) is 5.15. The fraction of sp³-hybridized carbons (Fsp3) is 0. The van der Waals surface area contributed by atoms with E-state index in [0.717, 1.165) is 33.8 Å². The van der Waals surface area contributed by atoms with Crippen molar-refractivity contribution in [3.05, 3.63) is 102 Å². The van der Waals surface area contributed by atoms with Crippen LogP contribution in [0.25, 0.3) is 22.5 Å². The van der Waals surface area contributed by atoms with E-state index >= 15 is 0 Å². The van der Waals surface area contributed by atoms with E-state index in [2.05, 4.69) is 26.7 Å². The van der Waals surface area contributed by atoms with Crippen molar-refractivity contribution < 1.29 is 4.79 Å². The first-order valence-electron chi connectivity index (χ1n) is 9.75. The van der Waals surface area contributed by atoms with E-state index in [9.17, 15) is 10.1 Å². The van der Waals surface area contributed by atoms with Gasteiger partial charge in [0.1, 0.15) is 0 Å². The number of para-hydroxylation sites is 1. The number of imidazole rings is 1. The van der Waals surface area contributed by atoms with Crippen molar-refractivity contribution in [2.45, 2.75) is 0 Å². The molecule has 3 aromatic carbocycles. The van der Waals surface area contributed by atoms with Crippen LogP contribution in [0.15, 0.2) is 85.3 Å². The first-order chi connectivity index (χ1) is 15.2. The number of hydrogen-bond acceptors (Lipinski definition) is 4. The molecule has 6 nitrogen and oxygen atoms in total. The molecule has 0 saturated heterocycles. The fourth-order valence-corrected chi connectivity index (χ4v) is 3.68. The van der Waals surface area contributed by atoms with Crippen molar-refractivity contribution >= 4 is 28.6 Å². The lowest BCUT2D eigenvalue weighted by atomic mass is 9.99. The summed E-state index contributed by atoms with van der Waals surface area (Å²) in [5.74, 6) is -0.181. The third kappa shape index (κ3) is 3.45. The molecule has 0 radical (unpaired) electrons. The second kappa shape index (κ2) is 7.65. The maximum Gasteiger partial charge on any atom is 0.258 e. The molecule has 0 aliphatic carbocycles. The van der Waals surface area contributed by atoms with Crippen LogP contribution in [0, 0.1) is 11.3 Å². The number of rotatable bonds is 4. The number of nitrogens with one attached hydrogen (secondary N) is 3. The van der Waals surface area contributed by atoms with Crippen LogP contribution in [0.1, 0.15) is 16.7 Å². The summed E-state index contributed by atoms with van der Waals surface area (Å²) in [4.78, 5) is 20.1. The zero-order valence-corrected chi connectivity index (χ0v) is 16.4. The molecule has 0 atom stereocenters. The molecule has 3 N–H and O–H groups in total. The van der Waals surface area contributed by atoms with E-state index in [0.29, 0.717) is 16.8 Å². The molecule has 0 unspecified atom stereocenters. The summed E-state index contributed by atoms with van der Waals surface area (Å²) >= 11 is 0. The molecule has 1 aromatic heterocycles. The average Bonchev–Trinajstić information content (AvgIpc) is 3.46. The quantitative estimate of drug-likeness (QED) is 0.423. The van der Waals surface area contributed by atoms with Gasteiger partial charge < -0.3 is 15.6 Å². The first kappa shape index (κ1) is 18.4. The Bertz CT molecular complexity index is 1350. The molecule has 0 saturated carbocycles. The van der Waals surface area contributed by atoms with E-state index in [1.165, 1.54) is 0 Å². The molecular formula is C25H17N5O. The Hall–Kier alpha value is -4.63. The summed E-state index contributed by atoms with van der Waals surface area (Å²) in [5.41, 5.74) is 6.73. The lowest BCUT2D eigenvalue weighted by molar-refractivity contribution is -0.110. The SMILES string of the molecule is N#Cc1cccc(/C(Nc2ccc(-c3c[nH]cn3)cc2)=C2/C(=O)Nc3ccccc32)c1. The van der Waals surface area contributed by atoms with Gasteiger partial charge >= 0.3 is 0 Å². The predicted molar refractivity (Wildman–Crippen MR) is 121 cm³/mol. The summed E-state index contributed by atoms with van der Waals surface area (Å²) in [6.07, 6.45) is 3.48. The van der Waals surface area contributed by atoms with Gasteiger partial charge in [-0.25, -0.2) is 4.98 Å². The fourth-order valence-electron chi connectivity index (χ4n) is 3.68. The topological polar surface area (TPSA) is 93.6 Å². The lowest BCUT2D eigenvalue weighted by Gasteiger charge is -2.15. The van der Waals surface area contributed by atoms with Crippen LogP contribution in [0.3, 0.4) is 0 Å². The number of amides is 1. The molecule has 1 amide bonds. The molecule has 6 heteroatoms. The van der Waals surface area contributed by atoms with Crippen molar-refractivity contribution in [2.75, 3.05) is 10.6 Å². The lowest BCUT2D eigenvalue weighted by Crippen LogP contribution is -2.10. The van der Waals surface area contributed by atoms with Gasteiger partial charge in [-0.3, -0.25) is 4.79 Å². The van der Waals surface area contributed by atoms with Crippen LogP contribution in [0.5, 0.6) is 0 Å². The van der Waals surface area contributed by atoms with Crippen LogP contribution in [0.2, 0.25) is 0 Å². The van der Waals surface area contributed by atoms with E-state index in [1.807, 2.05) is 66.9 Å². The van der Waals surface area contributed by atoms with Crippen molar-refractivity contribution in [2.24, 2.45) is 0 Å². The highest BCUT2D eigenvalue weighted by atomic mass is 16.2. The highest BCUT2D eigenvalue weighted by Crippen LogP contribution is 2.37. The Balaban J connectivity index is 1.62. The smallest absolute Gasteiger partial charge is 0.258 e. The summed E-state index contributed by atoms with van der Waals surface area (Å²) in [5, 5.41) is 15.7. The van der Waals surface area contributed by atoms with E-state index in [4.69, 9.17) is 0 Å². The largest absolute Gasteiger partial charge is 0.354 e. The van der Waals surface area contributed by atoms with Gasteiger partial charge in [-0.15, -0.1) is 0 Å². The van der Waals surface area contributed by atoms with Crippen molar-refractivity contribution in [3.63, 3.8) is 0 Å². The molecule has 2 heterocycles. The van der Waals surface area contributed by atoms with Gasteiger partial charge in [0.25, 0.3) is 5.91 Å². The Morgan fingerprint density at radius 3 is 2.61 bits per heavy atom. The number of carbonyl (C=O) groups excluding carboxylic acids is 1. The van der Waals surface area contributed by atoms with Crippen LogP contribution < -0.4 is 10.6 Å². The Morgan fingerprint density at radius 2 is 1.84 bits per heavy atom. The minimum atomic E-state index is -0.181. The molecular weight excluding hydrogens is 386 g/mol. The van der Waals surface area contributed by atoms with Gasteiger partial charge in [0.05, 0.1) is 34.9 Å². The number of carbonyl (C=O) groups is 1. The van der Waals surface area contributed by atoms with Crippen LogP contribution in [-0.2, 0) is 4.79 Å². The zero-order valence-electron chi connectivity index (χ0n) is 16.4. The molecule has 1 aliphatic rings. The number of nitrogens with zero attached hydrogens (tertiary/aromatic N) is 2. The van der Waals surface area contributed by atoms with Crippen LogP contribution in [0.4, 0.5) is 11.4 Å². The second-order valence-electron chi connectivity index (χ2n) is 7.10. The van der Waals surface area contributed by atoms with Crippen LogP contribution in [-0.4, -0.2) is 15.9 Å². The second-order valence-corrected chi connectivity index (χ2v) is 7.10. The number of nitriles is 1. The number of aromatic amines is 1. The minimum Gasteiger partial charge on any atom is -0.354 e. The van der Waals surface area contributed by atoms with E-state index in [-0.39, 0.29) is 5.91 Å². The standard InChI is InChI=1S/C25H17N5O/c26-13-16-4-3-5-18(12-16)24(23-20-6-1-2-7-21(20)30-25(23)31)29-19-10-8-17(9-11-19)22-14-27-15-28-22/h1-12,14-15,29H,(H,27,28)(H,30,31)/b24-23-. The number of fused-ring (bicyclic) bond motifs is 1. The predicted octanol–water partition coefficient (Wildman–Crippen LogP) is 4.88. The Labute approximate surface area is 178 Å². The molecule has 0 spiro atoms. The van der Waals surface area contributed by atoms with Crippen molar-refractivity contribution in [3.8, 4) is 17.3 Å². The summed E-state index contributed by atoms with van der Waals surface area (Å²) in [6, 6.07) is 24.8. The molecule has 148 valence electrons. The number of hydrogen-bond donors (Lipinski definition) is 3. The Morgan fingerprint density at radius 1 is 1.00 bits per heavy atom. The zero-order chi connectivity index (χ0) is 21.2. The van der Waals surface area contributed by atoms with Crippen molar-refractivity contribution in [1.29, 1.82) is 5.26 Å². The first-order valence-corrected chi connectivity index (χ1v) is 9.75. The van der Waals surface area contributed by atoms with Crippen LogP contribution >= 0.6 is 0 Å². The van der Waals surface area contributed by atoms with Gasteiger partial charge in [0.15, 0.2) is 0 Å². The number of benzene rings is 3. The Kier molecular flexibility index (Phi) is 4.54. The number of aromatic nitrogens is 2. The maximum absolute atomic E-state index is 12.9. The minimum absolute atomic E-state index is 0.181. The van der Waals surface area contributed by atoms with E-state index in [1.54, 1.807) is 18.5 Å². The molecule has 4 aromatic rings. The van der Waals surface area contributed by atoms with Gasteiger partial charge in [-0.05, 0) is 30.3 Å². The number of anilines is 2. The van der Waals surface area contributed by atoms with Gasteiger partial charge in [-0.1, -0.05) is 42.5 Å². The van der Waals surface area contributed by atoms with E-state index < -0.39 is 0 Å².